The number of aliphatic hydroxyl groups is 1. The van der Waals surface area contributed by atoms with Gasteiger partial charge in [-0.3, -0.25) is 4.79 Å². The maximum absolute atomic E-state index is 12.3. The van der Waals surface area contributed by atoms with Crippen LogP contribution in [0.3, 0.4) is 0 Å². The van der Waals surface area contributed by atoms with E-state index in [2.05, 4.69) is 0 Å². The van der Waals surface area contributed by atoms with Gasteiger partial charge in [-0.1, -0.05) is 37.8 Å². The first-order valence-electron chi connectivity index (χ1n) is 10.4. The number of hydrogen-bond donors (Lipinski definition) is 2. The van der Waals surface area contributed by atoms with Crippen LogP contribution in [0, 0.1) is 0 Å². The van der Waals surface area contributed by atoms with E-state index in [-0.39, 0.29) is 11.3 Å². The summed E-state index contributed by atoms with van der Waals surface area (Å²) in [6.45, 7) is 0.670. The lowest BCUT2D eigenvalue weighted by atomic mass is 9.82. The van der Waals surface area contributed by atoms with Crippen molar-refractivity contribution in [1.29, 1.82) is 0 Å². The molecular formula is C22H31NO4S. The molecule has 0 bridgehead atoms. The normalized spacial score (nSPS) is 21.8. The Bertz CT molecular complexity index is 670. The monoisotopic (exact) mass is 405 g/mol. The van der Waals surface area contributed by atoms with E-state index in [1.807, 2.05) is 17.0 Å². The molecule has 154 valence electrons. The van der Waals surface area contributed by atoms with Gasteiger partial charge in [0.1, 0.15) is 0 Å². The molecule has 1 saturated carbocycles. The number of aryl methyl sites for hydroxylation is 1. The molecule has 1 saturated heterocycles. The third kappa shape index (κ3) is 5.74. The van der Waals surface area contributed by atoms with E-state index in [0.717, 1.165) is 56.9 Å². The third-order valence-electron chi connectivity index (χ3n) is 6.04. The number of hydrogen-bond acceptors (Lipinski definition) is 4. The number of carboxylic acid groups (broad SMARTS) is 1. The molecule has 0 aromatic heterocycles. The number of thioether (sulfide) groups is 1. The average Bonchev–Trinajstić information content (AvgIpc) is 3.04. The Hall–Kier alpha value is -1.53. The predicted molar refractivity (Wildman–Crippen MR) is 112 cm³/mol. The van der Waals surface area contributed by atoms with Crippen molar-refractivity contribution in [2.45, 2.75) is 75.2 Å². The molecule has 0 spiro atoms. The van der Waals surface area contributed by atoms with Crippen LogP contribution >= 0.6 is 11.8 Å². The Morgan fingerprint density at radius 2 is 1.86 bits per heavy atom. The molecule has 2 N–H and O–H groups in total. The van der Waals surface area contributed by atoms with Crippen molar-refractivity contribution in [3.05, 3.63) is 35.4 Å². The number of carbonyl (C=O) groups excluding carboxylic acids is 1. The standard InChI is InChI=1S/C22H31NO4S/c24-19-16-28-20(23(19)15-14-22(27)12-4-1-5-13-22)7-3-2-6-17-8-10-18(11-9-17)21(25)26/h8-11,20,27H,1-7,12-16H2,(H,25,26). The SMILES string of the molecule is O=C(O)c1ccc(CCCCC2SCC(=O)N2CCC2(O)CCCCC2)cc1. The molecule has 6 heteroatoms. The van der Waals surface area contributed by atoms with Crippen molar-refractivity contribution in [2.75, 3.05) is 12.3 Å². The summed E-state index contributed by atoms with van der Waals surface area (Å²) in [5.41, 5.74) is 0.898. The zero-order chi connectivity index (χ0) is 20.0. The Labute approximate surface area is 171 Å². The van der Waals surface area contributed by atoms with E-state index in [1.165, 1.54) is 6.42 Å². The molecule has 1 heterocycles. The number of amides is 1. The van der Waals surface area contributed by atoms with Gasteiger partial charge >= 0.3 is 5.97 Å². The smallest absolute Gasteiger partial charge is 0.335 e. The molecule has 2 fully saturated rings. The summed E-state index contributed by atoms with van der Waals surface area (Å²) < 4.78 is 0. The molecule has 1 atom stereocenters. The fourth-order valence-corrected chi connectivity index (χ4v) is 5.50. The third-order valence-corrected chi connectivity index (χ3v) is 7.33. The summed E-state index contributed by atoms with van der Waals surface area (Å²) in [6, 6.07) is 7.07. The lowest BCUT2D eigenvalue weighted by Gasteiger charge is -2.34. The van der Waals surface area contributed by atoms with Gasteiger partial charge in [0.2, 0.25) is 5.91 Å². The zero-order valence-electron chi connectivity index (χ0n) is 16.4. The van der Waals surface area contributed by atoms with Crippen molar-refractivity contribution < 1.29 is 19.8 Å². The van der Waals surface area contributed by atoms with Gasteiger partial charge in [-0.2, -0.15) is 0 Å². The lowest BCUT2D eigenvalue weighted by molar-refractivity contribution is -0.129. The van der Waals surface area contributed by atoms with E-state index in [9.17, 15) is 14.7 Å². The van der Waals surface area contributed by atoms with Crippen LogP contribution in [0.1, 0.15) is 73.7 Å². The van der Waals surface area contributed by atoms with E-state index in [0.29, 0.717) is 24.3 Å². The van der Waals surface area contributed by atoms with Gasteiger partial charge < -0.3 is 15.1 Å². The maximum atomic E-state index is 12.3. The van der Waals surface area contributed by atoms with Crippen molar-refractivity contribution in [1.82, 2.24) is 4.90 Å². The largest absolute Gasteiger partial charge is 0.478 e. The van der Waals surface area contributed by atoms with Crippen LogP contribution < -0.4 is 0 Å². The lowest BCUT2D eigenvalue weighted by Crippen LogP contribution is -2.40. The first kappa shape index (κ1) is 21.2. The van der Waals surface area contributed by atoms with Crippen molar-refractivity contribution in [2.24, 2.45) is 0 Å². The van der Waals surface area contributed by atoms with Gasteiger partial charge in [-0.15, -0.1) is 11.8 Å². The van der Waals surface area contributed by atoms with Gasteiger partial charge in [-0.05, 0) is 56.2 Å². The number of nitrogens with zero attached hydrogens (tertiary/aromatic N) is 1. The van der Waals surface area contributed by atoms with Gasteiger partial charge in [0.05, 0.1) is 22.3 Å². The summed E-state index contributed by atoms with van der Waals surface area (Å²) >= 11 is 1.72. The topological polar surface area (TPSA) is 77.8 Å². The first-order valence-corrected chi connectivity index (χ1v) is 11.5. The van der Waals surface area contributed by atoms with Gasteiger partial charge in [0.25, 0.3) is 0 Å². The van der Waals surface area contributed by atoms with Crippen LogP contribution in [0.5, 0.6) is 0 Å². The van der Waals surface area contributed by atoms with E-state index >= 15 is 0 Å². The average molecular weight is 406 g/mol. The highest BCUT2D eigenvalue weighted by molar-refractivity contribution is 8.00. The van der Waals surface area contributed by atoms with Gasteiger partial charge in [0.15, 0.2) is 0 Å². The molecule has 28 heavy (non-hydrogen) atoms. The highest BCUT2D eigenvalue weighted by atomic mass is 32.2. The summed E-state index contributed by atoms with van der Waals surface area (Å²) in [5.74, 6) is -0.133. The second kappa shape index (κ2) is 9.79. The minimum absolute atomic E-state index is 0.207. The predicted octanol–water partition coefficient (Wildman–Crippen LogP) is 4.08. The van der Waals surface area contributed by atoms with E-state index in [4.69, 9.17) is 5.11 Å². The minimum Gasteiger partial charge on any atom is -0.478 e. The molecule has 0 radical (unpaired) electrons. The van der Waals surface area contributed by atoms with Gasteiger partial charge in [-0.25, -0.2) is 4.79 Å². The van der Waals surface area contributed by atoms with Crippen LogP contribution in [-0.4, -0.2) is 50.3 Å². The minimum atomic E-state index is -0.896. The van der Waals surface area contributed by atoms with Crippen LogP contribution in [0.15, 0.2) is 24.3 Å². The molecule has 1 unspecified atom stereocenters. The number of benzene rings is 1. The number of carbonyl (C=O) groups is 2. The summed E-state index contributed by atoms with van der Waals surface area (Å²) in [4.78, 5) is 25.2. The molecule has 1 aliphatic heterocycles. The Balaban J connectivity index is 1.41. The fraction of sp³-hybridized carbons (Fsp3) is 0.636. The number of aromatic carboxylic acids is 1. The van der Waals surface area contributed by atoms with Crippen LogP contribution in [0.2, 0.25) is 0 Å². The molecule has 1 amide bonds. The van der Waals surface area contributed by atoms with E-state index < -0.39 is 11.6 Å². The summed E-state index contributed by atoms with van der Waals surface area (Å²) in [6.07, 6.45) is 9.79. The molecule has 1 aromatic carbocycles. The number of rotatable bonds is 9. The highest BCUT2D eigenvalue weighted by Crippen LogP contribution is 2.34. The molecule has 5 nitrogen and oxygen atoms in total. The highest BCUT2D eigenvalue weighted by Gasteiger charge is 2.35. The Morgan fingerprint density at radius 3 is 2.54 bits per heavy atom. The van der Waals surface area contributed by atoms with Crippen LogP contribution in [0.25, 0.3) is 0 Å². The quantitative estimate of drug-likeness (QED) is 0.605. The van der Waals surface area contributed by atoms with Crippen molar-refractivity contribution in [3.8, 4) is 0 Å². The Morgan fingerprint density at radius 1 is 1.14 bits per heavy atom. The fourth-order valence-electron chi connectivity index (χ4n) is 4.26. The molecule has 2 aliphatic rings. The van der Waals surface area contributed by atoms with Crippen molar-refractivity contribution in [3.63, 3.8) is 0 Å². The first-order chi connectivity index (χ1) is 13.5. The molecular weight excluding hydrogens is 374 g/mol. The number of carboxylic acids is 1. The van der Waals surface area contributed by atoms with E-state index in [1.54, 1.807) is 23.9 Å². The van der Waals surface area contributed by atoms with Crippen LogP contribution in [-0.2, 0) is 11.2 Å². The molecule has 1 aliphatic carbocycles. The van der Waals surface area contributed by atoms with Crippen molar-refractivity contribution >= 4 is 23.6 Å². The maximum Gasteiger partial charge on any atom is 0.335 e. The van der Waals surface area contributed by atoms with Crippen LogP contribution in [0.4, 0.5) is 0 Å². The van der Waals surface area contributed by atoms with Gasteiger partial charge in [0, 0.05) is 6.54 Å². The number of unbranched alkanes of at least 4 members (excludes halogenated alkanes) is 1. The zero-order valence-corrected chi connectivity index (χ0v) is 17.3. The second-order valence-corrected chi connectivity index (χ2v) is 9.30. The molecule has 3 rings (SSSR count). The molecule has 1 aromatic rings. The Kier molecular flexibility index (Phi) is 7.41. The summed E-state index contributed by atoms with van der Waals surface area (Å²) in [5, 5.41) is 19.9. The summed E-state index contributed by atoms with van der Waals surface area (Å²) in [7, 11) is 0. The second-order valence-electron chi connectivity index (χ2n) is 8.14.